The van der Waals surface area contributed by atoms with Crippen molar-refractivity contribution in [1.29, 1.82) is 0 Å². The minimum atomic E-state index is -0.804. The first-order chi connectivity index (χ1) is 10.2. The van der Waals surface area contributed by atoms with Gasteiger partial charge in [-0.2, -0.15) is 0 Å². The Labute approximate surface area is 123 Å². The Morgan fingerprint density at radius 3 is 2.57 bits per heavy atom. The third-order valence-corrected chi connectivity index (χ3v) is 3.81. The van der Waals surface area contributed by atoms with Crippen LogP contribution in [0.1, 0.15) is 18.0 Å². The molecule has 0 radical (unpaired) electrons. The number of hydrogen-bond donors (Lipinski definition) is 1. The van der Waals surface area contributed by atoms with Crippen molar-refractivity contribution >= 4 is 5.97 Å². The second-order valence-corrected chi connectivity index (χ2v) is 5.17. The fraction of sp³-hybridized carbons (Fsp3) is 0.533. The van der Waals surface area contributed by atoms with E-state index in [-0.39, 0.29) is 12.5 Å². The van der Waals surface area contributed by atoms with Crippen LogP contribution in [0.25, 0.3) is 0 Å². The van der Waals surface area contributed by atoms with E-state index in [1.165, 1.54) is 0 Å². The smallest absolute Gasteiger partial charge is 0.305 e. The maximum atomic E-state index is 11.2. The molecule has 2 heterocycles. The Balaban J connectivity index is 1.86. The summed E-state index contributed by atoms with van der Waals surface area (Å²) in [5.41, 5.74) is 0.948. The molecule has 3 rings (SSSR count). The summed E-state index contributed by atoms with van der Waals surface area (Å²) in [7, 11) is 0. The number of hydrogen-bond acceptors (Lipinski definition) is 5. The van der Waals surface area contributed by atoms with Crippen LogP contribution in [0.15, 0.2) is 18.2 Å². The van der Waals surface area contributed by atoms with Gasteiger partial charge in [0.1, 0.15) is 13.2 Å². The van der Waals surface area contributed by atoms with Gasteiger partial charge in [-0.3, -0.25) is 9.69 Å². The lowest BCUT2D eigenvalue weighted by atomic mass is 10.0. The van der Waals surface area contributed by atoms with Gasteiger partial charge in [-0.1, -0.05) is 6.07 Å². The fourth-order valence-electron chi connectivity index (χ4n) is 2.78. The molecule has 1 atom stereocenters. The molecule has 0 bridgehead atoms. The topological polar surface area (TPSA) is 68.2 Å². The number of carboxylic acids is 1. The van der Waals surface area contributed by atoms with Gasteiger partial charge >= 0.3 is 5.97 Å². The van der Waals surface area contributed by atoms with E-state index < -0.39 is 5.97 Å². The van der Waals surface area contributed by atoms with Crippen molar-refractivity contribution in [2.24, 2.45) is 0 Å². The van der Waals surface area contributed by atoms with E-state index in [1.54, 1.807) is 0 Å². The van der Waals surface area contributed by atoms with E-state index in [0.717, 1.165) is 24.4 Å². The first kappa shape index (κ1) is 14.2. The van der Waals surface area contributed by atoms with Crippen molar-refractivity contribution < 1.29 is 24.1 Å². The zero-order valence-corrected chi connectivity index (χ0v) is 11.8. The molecule has 114 valence electrons. The lowest BCUT2D eigenvalue weighted by molar-refractivity contribution is -0.139. The number of ether oxygens (including phenoxy) is 3. The van der Waals surface area contributed by atoms with Gasteiger partial charge in [0, 0.05) is 19.1 Å². The van der Waals surface area contributed by atoms with Gasteiger partial charge in [0.25, 0.3) is 0 Å². The average Bonchev–Trinajstić information content (AvgIpc) is 2.53. The maximum Gasteiger partial charge on any atom is 0.305 e. The van der Waals surface area contributed by atoms with Gasteiger partial charge in [-0.05, 0) is 17.7 Å². The quantitative estimate of drug-likeness (QED) is 0.902. The molecule has 21 heavy (non-hydrogen) atoms. The number of carbonyl (C=O) groups is 1. The van der Waals surface area contributed by atoms with Gasteiger partial charge in [0.05, 0.1) is 19.6 Å². The van der Waals surface area contributed by atoms with E-state index in [1.807, 2.05) is 18.2 Å². The highest BCUT2D eigenvalue weighted by molar-refractivity contribution is 5.68. The molecule has 0 saturated carbocycles. The molecular weight excluding hydrogens is 274 g/mol. The van der Waals surface area contributed by atoms with E-state index in [4.69, 9.17) is 14.2 Å². The van der Waals surface area contributed by atoms with Crippen LogP contribution in [0.4, 0.5) is 0 Å². The van der Waals surface area contributed by atoms with Crippen molar-refractivity contribution in [3.63, 3.8) is 0 Å². The zero-order valence-electron chi connectivity index (χ0n) is 11.8. The van der Waals surface area contributed by atoms with Crippen LogP contribution in [0.2, 0.25) is 0 Å². The van der Waals surface area contributed by atoms with Crippen molar-refractivity contribution in [1.82, 2.24) is 4.90 Å². The number of rotatable bonds is 4. The molecule has 1 N–H and O–H groups in total. The van der Waals surface area contributed by atoms with Gasteiger partial charge in [-0.25, -0.2) is 0 Å². The number of aliphatic carboxylic acids is 1. The second kappa shape index (κ2) is 6.32. The molecule has 1 aromatic carbocycles. The van der Waals surface area contributed by atoms with Gasteiger partial charge in [0.2, 0.25) is 0 Å². The molecule has 0 aliphatic carbocycles. The minimum absolute atomic E-state index is 0.0691. The van der Waals surface area contributed by atoms with Crippen molar-refractivity contribution in [2.45, 2.75) is 12.5 Å². The summed E-state index contributed by atoms with van der Waals surface area (Å²) >= 11 is 0. The number of benzene rings is 1. The highest BCUT2D eigenvalue weighted by Crippen LogP contribution is 2.35. The Kier molecular flexibility index (Phi) is 4.26. The van der Waals surface area contributed by atoms with Crippen LogP contribution in [-0.2, 0) is 9.53 Å². The normalized spacial score (nSPS) is 20.0. The van der Waals surface area contributed by atoms with Crippen LogP contribution in [-0.4, -0.2) is 55.5 Å². The van der Waals surface area contributed by atoms with E-state index in [9.17, 15) is 9.90 Å². The molecule has 2 aliphatic rings. The molecule has 0 spiro atoms. The third-order valence-electron chi connectivity index (χ3n) is 3.81. The third kappa shape index (κ3) is 3.28. The van der Waals surface area contributed by atoms with Crippen LogP contribution in [0.5, 0.6) is 11.5 Å². The average molecular weight is 293 g/mol. The highest BCUT2D eigenvalue weighted by atomic mass is 16.6. The molecular formula is C15H19NO5. The Hall–Kier alpha value is -1.79. The molecule has 1 aromatic rings. The Bertz CT molecular complexity index is 513. The standard InChI is InChI=1S/C15H19NO5/c17-15(18)10-12(16-3-5-19-6-4-16)11-1-2-13-14(9-11)21-8-7-20-13/h1-2,9,12H,3-8,10H2,(H,17,18). The van der Waals surface area contributed by atoms with E-state index >= 15 is 0 Å². The molecule has 0 amide bonds. The maximum absolute atomic E-state index is 11.2. The largest absolute Gasteiger partial charge is 0.486 e. The molecule has 1 unspecified atom stereocenters. The summed E-state index contributed by atoms with van der Waals surface area (Å²) in [6.45, 7) is 3.84. The molecule has 0 aromatic heterocycles. The summed E-state index contributed by atoms with van der Waals surface area (Å²) in [6, 6.07) is 5.52. The Morgan fingerprint density at radius 1 is 1.14 bits per heavy atom. The van der Waals surface area contributed by atoms with E-state index in [2.05, 4.69) is 4.90 Å². The van der Waals surface area contributed by atoms with Crippen LogP contribution >= 0.6 is 0 Å². The summed E-state index contributed by atoms with van der Waals surface area (Å²) in [4.78, 5) is 13.4. The first-order valence-corrected chi connectivity index (χ1v) is 7.17. The van der Waals surface area contributed by atoms with Crippen LogP contribution in [0, 0.1) is 0 Å². The summed E-state index contributed by atoms with van der Waals surface area (Å²) in [5.74, 6) is 0.616. The first-order valence-electron chi connectivity index (χ1n) is 7.17. The number of fused-ring (bicyclic) bond motifs is 1. The summed E-state index contributed by atoms with van der Waals surface area (Å²) in [6.07, 6.45) is 0.0691. The molecule has 2 aliphatic heterocycles. The minimum Gasteiger partial charge on any atom is -0.486 e. The van der Waals surface area contributed by atoms with Crippen molar-refractivity contribution in [2.75, 3.05) is 39.5 Å². The molecule has 1 fully saturated rings. The van der Waals surface area contributed by atoms with Gasteiger partial charge in [-0.15, -0.1) is 0 Å². The predicted molar refractivity (Wildman–Crippen MR) is 74.8 cm³/mol. The number of morpholine rings is 1. The second-order valence-electron chi connectivity index (χ2n) is 5.17. The van der Waals surface area contributed by atoms with Gasteiger partial charge < -0.3 is 19.3 Å². The zero-order chi connectivity index (χ0) is 14.7. The number of carboxylic acid groups (broad SMARTS) is 1. The summed E-state index contributed by atoms with van der Waals surface area (Å²) in [5, 5.41) is 9.20. The van der Waals surface area contributed by atoms with Gasteiger partial charge in [0.15, 0.2) is 11.5 Å². The van der Waals surface area contributed by atoms with Crippen LogP contribution in [0.3, 0.4) is 0 Å². The van der Waals surface area contributed by atoms with Crippen LogP contribution < -0.4 is 9.47 Å². The van der Waals surface area contributed by atoms with Crippen molar-refractivity contribution in [3.8, 4) is 11.5 Å². The summed E-state index contributed by atoms with van der Waals surface area (Å²) < 4.78 is 16.4. The molecule has 6 nitrogen and oxygen atoms in total. The highest BCUT2D eigenvalue weighted by Gasteiger charge is 2.26. The monoisotopic (exact) mass is 293 g/mol. The Morgan fingerprint density at radius 2 is 1.86 bits per heavy atom. The SMILES string of the molecule is O=C(O)CC(c1ccc2c(c1)OCCO2)N1CCOCC1. The van der Waals surface area contributed by atoms with Crippen molar-refractivity contribution in [3.05, 3.63) is 23.8 Å². The fourth-order valence-corrected chi connectivity index (χ4v) is 2.78. The molecule has 1 saturated heterocycles. The van der Waals surface area contributed by atoms with E-state index in [0.29, 0.717) is 32.2 Å². The molecule has 6 heteroatoms. The predicted octanol–water partition coefficient (Wildman–Crippen LogP) is 1.31. The lowest BCUT2D eigenvalue weighted by Crippen LogP contribution is -2.39. The lowest BCUT2D eigenvalue weighted by Gasteiger charge is -2.34. The number of nitrogens with zero attached hydrogens (tertiary/aromatic N) is 1.